The summed E-state index contributed by atoms with van der Waals surface area (Å²) >= 11 is 5.84. The summed E-state index contributed by atoms with van der Waals surface area (Å²) in [6.45, 7) is 0.717. The monoisotopic (exact) mass is 288 g/mol. The van der Waals surface area contributed by atoms with E-state index in [2.05, 4.69) is 21.7 Å². The van der Waals surface area contributed by atoms with Gasteiger partial charge in [0.15, 0.2) is 0 Å². The number of hydrogen-bond acceptors (Lipinski definition) is 1. The van der Waals surface area contributed by atoms with Gasteiger partial charge in [0.1, 0.15) is 11.6 Å². The maximum absolute atomic E-state index is 13.3. The minimum atomic E-state index is -0.265. The van der Waals surface area contributed by atoms with Gasteiger partial charge in [-0.1, -0.05) is 30.3 Å². The first-order valence-corrected chi connectivity index (χ1v) is 7.06. The fraction of sp³-hybridized carbons (Fsp3) is 0.188. The van der Waals surface area contributed by atoms with Crippen LogP contribution in [0.1, 0.15) is 11.4 Å². The Hall–Kier alpha value is -1.87. The Kier molecular flexibility index (Phi) is 3.70. The van der Waals surface area contributed by atoms with E-state index in [0.717, 1.165) is 17.9 Å². The molecule has 0 atom stereocenters. The molecule has 1 aromatic heterocycles. The van der Waals surface area contributed by atoms with E-state index in [4.69, 9.17) is 11.6 Å². The molecule has 0 aliphatic carbocycles. The van der Waals surface area contributed by atoms with E-state index in [1.54, 1.807) is 6.07 Å². The highest BCUT2D eigenvalue weighted by atomic mass is 35.5. The van der Waals surface area contributed by atoms with Crippen molar-refractivity contribution in [3.8, 4) is 0 Å². The second kappa shape index (κ2) is 5.63. The number of hydrogen-bond donors (Lipinski definition) is 0. The summed E-state index contributed by atoms with van der Waals surface area (Å²) in [4.78, 5) is 4.50. The van der Waals surface area contributed by atoms with Gasteiger partial charge in [0.2, 0.25) is 0 Å². The highest BCUT2D eigenvalue weighted by Crippen LogP contribution is 2.20. The highest BCUT2D eigenvalue weighted by molar-refractivity contribution is 6.17. The van der Waals surface area contributed by atoms with Crippen LogP contribution < -0.4 is 0 Å². The first kappa shape index (κ1) is 13.1. The molecule has 2 aromatic carbocycles. The summed E-state index contributed by atoms with van der Waals surface area (Å²) in [6.07, 6.45) is 0.671. The zero-order valence-electron chi connectivity index (χ0n) is 10.9. The lowest BCUT2D eigenvalue weighted by Crippen LogP contribution is -2.05. The summed E-state index contributed by atoms with van der Waals surface area (Å²) in [5.74, 6) is 1.13. The van der Waals surface area contributed by atoms with Crippen LogP contribution in [0.15, 0.2) is 48.5 Å². The molecule has 20 heavy (non-hydrogen) atoms. The number of halogens is 2. The number of aromatic nitrogens is 2. The molecule has 0 saturated carbocycles. The predicted octanol–water partition coefficient (Wildman–Crippen LogP) is 4.01. The number of aryl methyl sites for hydroxylation is 1. The van der Waals surface area contributed by atoms with Gasteiger partial charge in [-0.2, -0.15) is 0 Å². The number of benzene rings is 2. The van der Waals surface area contributed by atoms with Gasteiger partial charge < -0.3 is 4.57 Å². The van der Waals surface area contributed by atoms with E-state index >= 15 is 0 Å². The van der Waals surface area contributed by atoms with Crippen molar-refractivity contribution < 1.29 is 4.39 Å². The molecule has 0 radical (unpaired) electrons. The van der Waals surface area contributed by atoms with Crippen molar-refractivity contribution in [2.45, 2.75) is 13.0 Å². The van der Waals surface area contributed by atoms with E-state index in [-0.39, 0.29) is 5.82 Å². The van der Waals surface area contributed by atoms with Gasteiger partial charge in [-0.3, -0.25) is 0 Å². The number of imidazole rings is 1. The van der Waals surface area contributed by atoms with Crippen molar-refractivity contribution in [1.82, 2.24) is 9.55 Å². The van der Waals surface area contributed by atoms with Crippen LogP contribution >= 0.6 is 11.6 Å². The molecule has 3 rings (SSSR count). The second-order valence-electron chi connectivity index (χ2n) is 4.67. The van der Waals surface area contributed by atoms with Crippen LogP contribution in [0, 0.1) is 5.82 Å². The molecule has 0 N–H and O–H groups in total. The van der Waals surface area contributed by atoms with Crippen molar-refractivity contribution in [2.75, 3.05) is 5.88 Å². The van der Waals surface area contributed by atoms with Gasteiger partial charge in [0.25, 0.3) is 0 Å². The fourth-order valence-corrected chi connectivity index (χ4v) is 2.54. The van der Waals surface area contributed by atoms with E-state index in [1.165, 1.54) is 17.7 Å². The maximum Gasteiger partial charge on any atom is 0.125 e. The molecule has 0 aliphatic rings. The lowest BCUT2D eigenvalue weighted by Gasteiger charge is -2.08. The van der Waals surface area contributed by atoms with Crippen LogP contribution in [0.4, 0.5) is 4.39 Å². The molecule has 0 spiro atoms. The third-order valence-corrected chi connectivity index (χ3v) is 3.48. The van der Waals surface area contributed by atoms with Crippen LogP contribution in [0.3, 0.4) is 0 Å². The molecular weight excluding hydrogens is 275 g/mol. The van der Waals surface area contributed by atoms with Gasteiger partial charge in [0, 0.05) is 24.9 Å². The van der Waals surface area contributed by atoms with Crippen molar-refractivity contribution in [2.24, 2.45) is 0 Å². The third-order valence-electron chi connectivity index (χ3n) is 3.29. The molecule has 2 nitrogen and oxygen atoms in total. The highest BCUT2D eigenvalue weighted by Gasteiger charge is 2.11. The van der Waals surface area contributed by atoms with Gasteiger partial charge in [0.05, 0.1) is 11.0 Å². The van der Waals surface area contributed by atoms with Gasteiger partial charge in [-0.25, -0.2) is 9.37 Å². The van der Waals surface area contributed by atoms with E-state index in [9.17, 15) is 4.39 Å². The standard InChI is InChI=1S/C16H14ClFN2/c17-9-8-16-19-14-10-13(18)6-7-15(14)20(16)11-12-4-2-1-3-5-12/h1-7,10H,8-9,11H2. The zero-order valence-corrected chi connectivity index (χ0v) is 11.6. The van der Waals surface area contributed by atoms with Gasteiger partial charge in [-0.05, 0) is 17.7 Å². The molecule has 0 amide bonds. The molecule has 0 fully saturated rings. The molecular formula is C16H14ClFN2. The Morgan fingerprint density at radius 1 is 1.10 bits per heavy atom. The first-order chi connectivity index (χ1) is 9.78. The summed E-state index contributed by atoms with van der Waals surface area (Å²) < 4.78 is 15.4. The van der Waals surface area contributed by atoms with E-state index in [0.29, 0.717) is 17.8 Å². The fourth-order valence-electron chi connectivity index (χ4n) is 2.37. The number of alkyl halides is 1. The Labute approximate surface area is 121 Å². The van der Waals surface area contributed by atoms with E-state index < -0.39 is 0 Å². The molecule has 3 aromatic rings. The Morgan fingerprint density at radius 2 is 1.90 bits per heavy atom. The number of nitrogens with zero attached hydrogens (tertiary/aromatic N) is 2. The first-order valence-electron chi connectivity index (χ1n) is 6.52. The van der Waals surface area contributed by atoms with Crippen LogP contribution in [0.25, 0.3) is 11.0 Å². The Bertz CT molecular complexity index is 722. The third kappa shape index (κ3) is 2.54. The second-order valence-corrected chi connectivity index (χ2v) is 5.05. The lowest BCUT2D eigenvalue weighted by atomic mass is 10.2. The average molecular weight is 289 g/mol. The average Bonchev–Trinajstić information content (AvgIpc) is 2.77. The maximum atomic E-state index is 13.3. The summed E-state index contributed by atoms with van der Waals surface area (Å²) in [5, 5.41) is 0. The van der Waals surface area contributed by atoms with Crippen LogP contribution in [0.2, 0.25) is 0 Å². The SMILES string of the molecule is Fc1ccc2c(c1)nc(CCCl)n2Cc1ccccc1. The quantitative estimate of drug-likeness (QED) is 0.663. The van der Waals surface area contributed by atoms with Crippen molar-refractivity contribution in [1.29, 1.82) is 0 Å². The minimum absolute atomic E-state index is 0.265. The van der Waals surface area contributed by atoms with Crippen molar-refractivity contribution >= 4 is 22.6 Å². The molecule has 0 bridgehead atoms. The minimum Gasteiger partial charge on any atom is -0.323 e. The number of rotatable bonds is 4. The zero-order chi connectivity index (χ0) is 13.9. The molecule has 102 valence electrons. The topological polar surface area (TPSA) is 17.8 Å². The summed E-state index contributed by atoms with van der Waals surface area (Å²) in [5.41, 5.74) is 2.81. The molecule has 0 saturated heterocycles. The summed E-state index contributed by atoms with van der Waals surface area (Å²) in [7, 11) is 0. The summed E-state index contributed by atoms with van der Waals surface area (Å²) in [6, 6.07) is 14.9. The smallest absolute Gasteiger partial charge is 0.125 e. The van der Waals surface area contributed by atoms with Crippen molar-refractivity contribution in [3.63, 3.8) is 0 Å². The van der Waals surface area contributed by atoms with Crippen LogP contribution in [0.5, 0.6) is 0 Å². The number of fused-ring (bicyclic) bond motifs is 1. The van der Waals surface area contributed by atoms with Gasteiger partial charge >= 0.3 is 0 Å². The Morgan fingerprint density at radius 3 is 2.65 bits per heavy atom. The molecule has 1 heterocycles. The molecule has 4 heteroatoms. The molecule has 0 unspecified atom stereocenters. The Balaban J connectivity index is 2.09. The van der Waals surface area contributed by atoms with Gasteiger partial charge in [-0.15, -0.1) is 11.6 Å². The lowest BCUT2D eigenvalue weighted by molar-refractivity contribution is 0.629. The molecule has 0 aliphatic heterocycles. The normalized spacial score (nSPS) is 11.1. The largest absolute Gasteiger partial charge is 0.323 e. The van der Waals surface area contributed by atoms with E-state index in [1.807, 2.05) is 18.2 Å². The van der Waals surface area contributed by atoms with Crippen LogP contribution in [-0.4, -0.2) is 15.4 Å². The van der Waals surface area contributed by atoms with Crippen molar-refractivity contribution in [3.05, 3.63) is 65.7 Å². The predicted molar refractivity (Wildman–Crippen MR) is 79.7 cm³/mol. The van der Waals surface area contributed by atoms with Crippen LogP contribution in [-0.2, 0) is 13.0 Å².